The fourth-order valence-corrected chi connectivity index (χ4v) is 4.07. The summed E-state index contributed by atoms with van der Waals surface area (Å²) in [6, 6.07) is 0. The third-order valence-corrected chi connectivity index (χ3v) is 5.14. The summed E-state index contributed by atoms with van der Waals surface area (Å²) < 4.78 is 1.77. The molecule has 0 saturated heterocycles. The van der Waals surface area contributed by atoms with Crippen LogP contribution in [0.1, 0.15) is 80.0 Å². The van der Waals surface area contributed by atoms with E-state index in [-0.39, 0.29) is 5.41 Å². The van der Waals surface area contributed by atoms with Crippen molar-refractivity contribution in [3.8, 4) is 0 Å². The lowest BCUT2D eigenvalue weighted by atomic mass is 9.72. The van der Waals surface area contributed by atoms with E-state index >= 15 is 0 Å². The molecule has 1 fully saturated rings. The number of carboxylic acids is 1. The zero-order valence-electron chi connectivity index (χ0n) is 12.3. The molecular weight excluding hydrogens is 252 g/mol. The number of aromatic nitrogens is 2. The Balaban J connectivity index is 2.00. The first kappa shape index (κ1) is 13.7. The van der Waals surface area contributed by atoms with E-state index < -0.39 is 5.97 Å². The number of aryl methyl sites for hydroxylation is 1. The Morgan fingerprint density at radius 2 is 2.05 bits per heavy atom. The predicted molar refractivity (Wildman–Crippen MR) is 77.2 cm³/mol. The predicted octanol–water partition coefficient (Wildman–Crippen LogP) is 3.53. The maximum atomic E-state index is 11.6. The van der Waals surface area contributed by atoms with Crippen LogP contribution in [-0.4, -0.2) is 20.9 Å². The van der Waals surface area contributed by atoms with Crippen molar-refractivity contribution in [3.63, 3.8) is 0 Å². The van der Waals surface area contributed by atoms with Gasteiger partial charge in [-0.05, 0) is 32.1 Å². The zero-order chi connectivity index (χ0) is 14.2. The number of nitrogens with zero attached hydrogens (tertiary/aromatic N) is 2. The van der Waals surface area contributed by atoms with E-state index in [4.69, 9.17) is 5.10 Å². The van der Waals surface area contributed by atoms with Crippen LogP contribution in [0.25, 0.3) is 0 Å². The Kier molecular flexibility index (Phi) is 3.57. The molecular formula is C16H24N2O2. The van der Waals surface area contributed by atoms with Gasteiger partial charge in [0.1, 0.15) is 5.69 Å². The zero-order valence-corrected chi connectivity index (χ0v) is 12.3. The maximum absolute atomic E-state index is 11.6. The Morgan fingerprint density at radius 1 is 1.30 bits per heavy atom. The number of hydrogen-bond donors (Lipinski definition) is 1. The topological polar surface area (TPSA) is 55.1 Å². The van der Waals surface area contributed by atoms with Gasteiger partial charge in [-0.25, -0.2) is 4.79 Å². The Morgan fingerprint density at radius 3 is 2.70 bits per heavy atom. The molecule has 0 atom stereocenters. The van der Waals surface area contributed by atoms with E-state index in [2.05, 4.69) is 6.92 Å². The summed E-state index contributed by atoms with van der Waals surface area (Å²) in [7, 11) is 0. The molecule has 1 aromatic heterocycles. The van der Waals surface area contributed by atoms with Crippen LogP contribution >= 0.6 is 0 Å². The van der Waals surface area contributed by atoms with Crippen LogP contribution in [0.15, 0.2) is 0 Å². The van der Waals surface area contributed by atoms with Gasteiger partial charge in [-0.3, -0.25) is 4.68 Å². The van der Waals surface area contributed by atoms with Gasteiger partial charge in [0, 0.05) is 17.5 Å². The number of rotatable bonds is 4. The van der Waals surface area contributed by atoms with Gasteiger partial charge in [0.15, 0.2) is 0 Å². The van der Waals surface area contributed by atoms with Crippen molar-refractivity contribution in [2.75, 3.05) is 0 Å². The van der Waals surface area contributed by atoms with Crippen molar-refractivity contribution >= 4 is 5.97 Å². The lowest BCUT2D eigenvalue weighted by Gasteiger charge is -2.32. The first-order valence-corrected chi connectivity index (χ1v) is 8.01. The highest BCUT2D eigenvalue weighted by Gasteiger charge is 2.44. The van der Waals surface area contributed by atoms with Gasteiger partial charge >= 0.3 is 5.97 Å². The number of fused-ring (bicyclic) bond motifs is 2. The van der Waals surface area contributed by atoms with Crippen molar-refractivity contribution < 1.29 is 9.90 Å². The molecule has 0 amide bonds. The van der Waals surface area contributed by atoms with E-state index in [1.165, 1.54) is 32.1 Å². The van der Waals surface area contributed by atoms with E-state index in [9.17, 15) is 9.90 Å². The number of unbranched alkanes of at least 4 members (excludes halogenated alkanes) is 1. The van der Waals surface area contributed by atoms with Gasteiger partial charge in [-0.2, -0.15) is 5.10 Å². The highest BCUT2D eigenvalue weighted by atomic mass is 16.4. The summed E-state index contributed by atoms with van der Waals surface area (Å²) >= 11 is 0. The smallest absolute Gasteiger partial charge is 0.354 e. The molecule has 1 spiro atoms. The minimum Gasteiger partial charge on any atom is -0.477 e. The molecule has 1 aromatic rings. The summed E-state index contributed by atoms with van der Waals surface area (Å²) in [6.07, 6.45) is 10.3. The molecule has 1 N–H and O–H groups in total. The van der Waals surface area contributed by atoms with Gasteiger partial charge in [0.25, 0.3) is 0 Å². The summed E-state index contributed by atoms with van der Waals surface area (Å²) in [4.78, 5) is 11.6. The SMILES string of the molecule is CCCCn1nc2c(c1C(=O)O)CCC21CCCCC1. The summed E-state index contributed by atoms with van der Waals surface area (Å²) in [5.74, 6) is -0.803. The monoisotopic (exact) mass is 276 g/mol. The van der Waals surface area contributed by atoms with E-state index in [0.717, 1.165) is 43.5 Å². The van der Waals surface area contributed by atoms with Crippen LogP contribution in [0.4, 0.5) is 0 Å². The molecule has 0 bridgehead atoms. The van der Waals surface area contributed by atoms with Crippen molar-refractivity contribution in [1.82, 2.24) is 9.78 Å². The standard InChI is InChI=1S/C16H24N2O2/c1-2-3-11-18-13(15(19)20)12-7-10-16(14(12)17-18)8-5-4-6-9-16/h2-11H2,1H3,(H,19,20). The Bertz CT molecular complexity index is 513. The quantitative estimate of drug-likeness (QED) is 0.915. The lowest BCUT2D eigenvalue weighted by Crippen LogP contribution is -2.27. The molecule has 4 heteroatoms. The Hall–Kier alpha value is -1.32. The molecule has 0 aliphatic heterocycles. The minimum atomic E-state index is -0.803. The molecule has 4 nitrogen and oxygen atoms in total. The largest absolute Gasteiger partial charge is 0.477 e. The molecule has 3 rings (SSSR count). The number of carboxylic acid groups (broad SMARTS) is 1. The highest BCUT2D eigenvalue weighted by molar-refractivity contribution is 5.88. The number of carbonyl (C=O) groups is 1. The molecule has 2 aliphatic carbocycles. The van der Waals surface area contributed by atoms with E-state index in [1.807, 2.05) is 0 Å². The molecule has 1 heterocycles. The molecule has 0 aromatic carbocycles. The van der Waals surface area contributed by atoms with Crippen LogP contribution < -0.4 is 0 Å². The third kappa shape index (κ3) is 2.05. The normalized spacial score (nSPS) is 20.2. The molecule has 1 saturated carbocycles. The van der Waals surface area contributed by atoms with Crippen molar-refractivity contribution in [3.05, 3.63) is 17.0 Å². The van der Waals surface area contributed by atoms with Gasteiger partial charge in [0.2, 0.25) is 0 Å². The summed E-state index contributed by atoms with van der Waals surface area (Å²) in [5, 5.41) is 14.3. The van der Waals surface area contributed by atoms with Gasteiger partial charge in [-0.15, -0.1) is 0 Å². The highest BCUT2D eigenvalue weighted by Crippen LogP contribution is 2.49. The van der Waals surface area contributed by atoms with Crippen LogP contribution in [-0.2, 0) is 18.4 Å². The van der Waals surface area contributed by atoms with E-state index in [1.54, 1.807) is 4.68 Å². The fraction of sp³-hybridized carbons (Fsp3) is 0.750. The molecule has 0 unspecified atom stereocenters. The molecule has 2 aliphatic rings. The third-order valence-electron chi connectivity index (χ3n) is 5.14. The molecule has 0 radical (unpaired) electrons. The average Bonchev–Trinajstić information content (AvgIpc) is 2.96. The van der Waals surface area contributed by atoms with Crippen molar-refractivity contribution in [2.24, 2.45) is 0 Å². The van der Waals surface area contributed by atoms with Crippen molar-refractivity contribution in [1.29, 1.82) is 0 Å². The van der Waals surface area contributed by atoms with E-state index in [0.29, 0.717) is 5.69 Å². The van der Waals surface area contributed by atoms with Gasteiger partial charge < -0.3 is 5.11 Å². The molecule has 110 valence electrons. The Labute approximate surface area is 120 Å². The van der Waals surface area contributed by atoms with Crippen LogP contribution in [0.2, 0.25) is 0 Å². The average molecular weight is 276 g/mol. The van der Waals surface area contributed by atoms with Crippen LogP contribution in [0.5, 0.6) is 0 Å². The molecule has 20 heavy (non-hydrogen) atoms. The van der Waals surface area contributed by atoms with Gasteiger partial charge in [0.05, 0.1) is 5.69 Å². The summed E-state index contributed by atoms with van der Waals surface area (Å²) in [5.41, 5.74) is 2.84. The summed E-state index contributed by atoms with van der Waals surface area (Å²) in [6.45, 7) is 2.86. The van der Waals surface area contributed by atoms with Crippen LogP contribution in [0, 0.1) is 0 Å². The lowest BCUT2D eigenvalue weighted by molar-refractivity contribution is 0.0681. The second-order valence-corrected chi connectivity index (χ2v) is 6.40. The fourth-order valence-electron chi connectivity index (χ4n) is 4.07. The second-order valence-electron chi connectivity index (χ2n) is 6.40. The van der Waals surface area contributed by atoms with Gasteiger partial charge in [-0.1, -0.05) is 32.6 Å². The number of hydrogen-bond acceptors (Lipinski definition) is 2. The minimum absolute atomic E-state index is 0.204. The first-order chi connectivity index (χ1) is 9.68. The maximum Gasteiger partial charge on any atom is 0.354 e. The first-order valence-electron chi connectivity index (χ1n) is 8.01. The number of aromatic carboxylic acids is 1. The van der Waals surface area contributed by atoms with Crippen LogP contribution in [0.3, 0.4) is 0 Å². The van der Waals surface area contributed by atoms with Crippen molar-refractivity contribution in [2.45, 2.75) is 76.7 Å². The second kappa shape index (κ2) is 5.23.